The Kier molecular flexibility index (Phi) is 5.72. The van der Waals surface area contributed by atoms with Crippen LogP contribution in [0.3, 0.4) is 0 Å². The quantitative estimate of drug-likeness (QED) is 0.683. The number of nitrogens with zero attached hydrogens (tertiary/aromatic N) is 2. The van der Waals surface area contributed by atoms with E-state index in [1.807, 2.05) is 43.5 Å². The van der Waals surface area contributed by atoms with Crippen molar-refractivity contribution in [1.29, 1.82) is 0 Å². The monoisotopic (exact) mass is 398 g/mol. The molecule has 28 heavy (non-hydrogen) atoms. The van der Waals surface area contributed by atoms with Crippen molar-refractivity contribution in [3.05, 3.63) is 65.7 Å². The molecule has 0 spiro atoms. The number of sulfone groups is 1. The molecule has 0 saturated carbocycles. The zero-order chi connectivity index (χ0) is 20.5. The van der Waals surface area contributed by atoms with Gasteiger partial charge in [0.2, 0.25) is 0 Å². The second-order valence-corrected chi connectivity index (χ2v) is 9.55. The molecule has 0 bridgehead atoms. The van der Waals surface area contributed by atoms with Crippen LogP contribution in [0.2, 0.25) is 0 Å². The van der Waals surface area contributed by atoms with Crippen molar-refractivity contribution in [3.8, 4) is 16.8 Å². The van der Waals surface area contributed by atoms with Crippen LogP contribution in [-0.4, -0.2) is 29.3 Å². The summed E-state index contributed by atoms with van der Waals surface area (Å²) in [6.45, 7) is 6.03. The molecule has 3 aromatic rings. The van der Waals surface area contributed by atoms with E-state index in [0.29, 0.717) is 11.5 Å². The van der Waals surface area contributed by atoms with Gasteiger partial charge in [-0.3, -0.25) is 0 Å². The molecule has 0 aliphatic heterocycles. The molecule has 2 aromatic carbocycles. The summed E-state index contributed by atoms with van der Waals surface area (Å²) in [5.41, 5.74) is 4.14. The topological polar surface area (TPSA) is 72.2 Å². The van der Waals surface area contributed by atoms with Gasteiger partial charge < -0.3 is 9.67 Å². The molecule has 3 rings (SSSR count). The number of aryl methyl sites for hydroxylation is 1. The van der Waals surface area contributed by atoms with Crippen LogP contribution in [0.15, 0.2) is 53.6 Å². The van der Waals surface area contributed by atoms with Gasteiger partial charge in [-0.2, -0.15) is 0 Å². The van der Waals surface area contributed by atoms with Crippen molar-refractivity contribution in [2.75, 3.05) is 6.26 Å². The molecule has 0 amide bonds. The van der Waals surface area contributed by atoms with E-state index in [1.165, 1.54) is 0 Å². The average Bonchev–Trinajstić information content (AvgIpc) is 3.00. The van der Waals surface area contributed by atoms with Gasteiger partial charge in [-0.25, -0.2) is 13.4 Å². The summed E-state index contributed by atoms with van der Waals surface area (Å²) in [4.78, 5) is 4.81. The Morgan fingerprint density at radius 1 is 1.07 bits per heavy atom. The van der Waals surface area contributed by atoms with E-state index in [2.05, 4.69) is 23.4 Å². The Hall–Kier alpha value is -2.44. The number of aromatic nitrogens is 2. The minimum Gasteiger partial charge on any atom is -0.392 e. The van der Waals surface area contributed by atoms with E-state index in [-0.39, 0.29) is 11.5 Å². The number of hydrogen-bond acceptors (Lipinski definition) is 4. The van der Waals surface area contributed by atoms with Gasteiger partial charge in [-0.15, -0.1) is 0 Å². The summed E-state index contributed by atoms with van der Waals surface area (Å²) < 4.78 is 26.2. The maximum absolute atomic E-state index is 12.0. The fourth-order valence-corrected chi connectivity index (χ4v) is 4.25. The number of aliphatic hydroxyl groups excluding tert-OH is 1. The van der Waals surface area contributed by atoms with Crippen LogP contribution in [0, 0.1) is 12.8 Å². The van der Waals surface area contributed by atoms with Gasteiger partial charge in [0.15, 0.2) is 9.84 Å². The van der Waals surface area contributed by atoms with Gasteiger partial charge in [0.05, 0.1) is 17.2 Å². The predicted octanol–water partition coefficient (Wildman–Crippen LogP) is 3.94. The number of aliphatic hydroxyl groups is 1. The first-order valence-corrected chi connectivity index (χ1v) is 11.2. The van der Waals surface area contributed by atoms with Crippen LogP contribution in [0.25, 0.3) is 16.8 Å². The molecular formula is C22H26N2O3S. The van der Waals surface area contributed by atoms with Gasteiger partial charge in [-0.05, 0) is 47.7 Å². The summed E-state index contributed by atoms with van der Waals surface area (Å²) in [7, 11) is -3.41. The summed E-state index contributed by atoms with van der Waals surface area (Å²) >= 11 is 0. The van der Waals surface area contributed by atoms with Crippen molar-refractivity contribution < 1.29 is 13.5 Å². The molecule has 1 heterocycles. The Balaban J connectivity index is 1.98. The first-order valence-electron chi connectivity index (χ1n) is 9.28. The lowest BCUT2D eigenvalue weighted by molar-refractivity contribution is 0.278. The van der Waals surface area contributed by atoms with Crippen molar-refractivity contribution in [2.45, 2.75) is 38.7 Å². The van der Waals surface area contributed by atoms with Crippen molar-refractivity contribution in [1.82, 2.24) is 9.55 Å². The summed E-state index contributed by atoms with van der Waals surface area (Å²) in [6, 6.07) is 13.1. The second-order valence-electron chi connectivity index (χ2n) is 7.57. The highest BCUT2D eigenvalue weighted by atomic mass is 32.2. The molecule has 1 N–H and O–H groups in total. The minimum atomic E-state index is -3.41. The first-order chi connectivity index (χ1) is 13.2. The number of imidazole rings is 1. The molecular weight excluding hydrogens is 372 g/mol. The zero-order valence-electron chi connectivity index (χ0n) is 16.7. The SMILES string of the molecule is Cc1cn(-c2ccc(-c3ccc(CO)c(S(C)(=O)=O)c3)cc2)c(CC(C)C)n1. The minimum absolute atomic E-state index is 0.168. The van der Waals surface area contributed by atoms with Crippen LogP contribution in [0.1, 0.15) is 30.9 Å². The third-order valence-corrected chi connectivity index (χ3v) is 5.79. The van der Waals surface area contributed by atoms with Gasteiger partial charge >= 0.3 is 0 Å². The molecule has 0 radical (unpaired) electrons. The average molecular weight is 399 g/mol. The Bertz CT molecular complexity index is 1080. The highest BCUT2D eigenvalue weighted by Crippen LogP contribution is 2.27. The number of hydrogen-bond donors (Lipinski definition) is 1. The molecule has 1 aromatic heterocycles. The fourth-order valence-electron chi connectivity index (χ4n) is 3.30. The van der Waals surface area contributed by atoms with Crippen molar-refractivity contribution >= 4 is 9.84 Å². The third kappa shape index (κ3) is 4.34. The Morgan fingerprint density at radius 3 is 2.29 bits per heavy atom. The largest absolute Gasteiger partial charge is 0.392 e. The van der Waals surface area contributed by atoms with E-state index in [0.717, 1.165) is 41.0 Å². The van der Waals surface area contributed by atoms with E-state index in [4.69, 9.17) is 0 Å². The molecule has 0 aliphatic rings. The molecule has 5 nitrogen and oxygen atoms in total. The molecule has 0 fully saturated rings. The normalized spacial score (nSPS) is 11.9. The van der Waals surface area contributed by atoms with E-state index < -0.39 is 9.84 Å². The maximum atomic E-state index is 12.0. The highest BCUT2D eigenvalue weighted by molar-refractivity contribution is 7.90. The number of benzene rings is 2. The summed E-state index contributed by atoms with van der Waals surface area (Å²) in [6.07, 6.45) is 4.09. The molecule has 0 aliphatic carbocycles. The molecule has 0 saturated heterocycles. The molecule has 6 heteroatoms. The predicted molar refractivity (Wildman–Crippen MR) is 111 cm³/mol. The summed E-state index contributed by atoms with van der Waals surface area (Å²) in [5, 5.41) is 9.42. The zero-order valence-corrected chi connectivity index (χ0v) is 17.5. The highest BCUT2D eigenvalue weighted by Gasteiger charge is 2.15. The second kappa shape index (κ2) is 7.89. The van der Waals surface area contributed by atoms with Crippen LogP contribution < -0.4 is 0 Å². The first kappa shape index (κ1) is 20.3. The standard InChI is InChI=1S/C22H26N2O3S/c1-15(2)11-22-23-16(3)13-24(22)20-9-7-17(8-10-20)18-5-6-19(14-25)21(12-18)28(4,26)27/h5-10,12-13,15,25H,11,14H2,1-4H3. The molecule has 0 unspecified atom stereocenters. The Morgan fingerprint density at radius 2 is 1.71 bits per heavy atom. The Labute approximate surface area is 166 Å². The van der Waals surface area contributed by atoms with Crippen LogP contribution in [-0.2, 0) is 22.9 Å². The van der Waals surface area contributed by atoms with Gasteiger partial charge in [0.1, 0.15) is 5.82 Å². The van der Waals surface area contributed by atoms with Crippen LogP contribution in [0.4, 0.5) is 0 Å². The summed E-state index contributed by atoms with van der Waals surface area (Å²) in [5.74, 6) is 1.55. The lowest BCUT2D eigenvalue weighted by atomic mass is 10.0. The molecule has 0 atom stereocenters. The van der Waals surface area contributed by atoms with Gasteiger partial charge in [0.25, 0.3) is 0 Å². The van der Waals surface area contributed by atoms with Crippen molar-refractivity contribution in [2.24, 2.45) is 5.92 Å². The number of rotatable bonds is 6. The lowest BCUT2D eigenvalue weighted by Gasteiger charge is -2.12. The third-order valence-electron chi connectivity index (χ3n) is 4.61. The lowest BCUT2D eigenvalue weighted by Crippen LogP contribution is -2.04. The fraction of sp³-hybridized carbons (Fsp3) is 0.318. The van der Waals surface area contributed by atoms with Crippen molar-refractivity contribution in [3.63, 3.8) is 0 Å². The van der Waals surface area contributed by atoms with Crippen LogP contribution in [0.5, 0.6) is 0 Å². The van der Waals surface area contributed by atoms with E-state index in [1.54, 1.807) is 12.1 Å². The van der Waals surface area contributed by atoms with E-state index >= 15 is 0 Å². The smallest absolute Gasteiger partial charge is 0.175 e. The van der Waals surface area contributed by atoms with Gasteiger partial charge in [-0.1, -0.05) is 38.1 Å². The van der Waals surface area contributed by atoms with Gasteiger partial charge in [0, 0.05) is 24.6 Å². The van der Waals surface area contributed by atoms with E-state index in [9.17, 15) is 13.5 Å². The molecule has 148 valence electrons. The van der Waals surface area contributed by atoms with Crippen LogP contribution >= 0.6 is 0 Å². The maximum Gasteiger partial charge on any atom is 0.175 e.